The molecule has 1 aromatic heterocycles. The highest BCUT2D eigenvalue weighted by Crippen LogP contribution is 2.31. The first-order valence-corrected chi connectivity index (χ1v) is 6.66. The number of nitrogens with zero attached hydrogens (tertiary/aromatic N) is 2. The lowest BCUT2D eigenvalue weighted by Crippen LogP contribution is -2.29. The van der Waals surface area contributed by atoms with Crippen LogP contribution in [0.5, 0.6) is 0 Å². The predicted molar refractivity (Wildman–Crippen MR) is 68.1 cm³/mol. The van der Waals surface area contributed by atoms with Gasteiger partial charge in [0.1, 0.15) is 5.82 Å². The molecule has 18 heavy (non-hydrogen) atoms. The highest BCUT2D eigenvalue weighted by atomic mass is 16.4. The molecule has 1 saturated carbocycles. The van der Waals surface area contributed by atoms with Gasteiger partial charge in [0.2, 0.25) is 0 Å². The molecule has 2 unspecified atom stereocenters. The van der Waals surface area contributed by atoms with Gasteiger partial charge in [-0.15, -0.1) is 0 Å². The van der Waals surface area contributed by atoms with Crippen molar-refractivity contribution in [2.45, 2.75) is 39.3 Å². The fourth-order valence-corrected chi connectivity index (χ4v) is 2.77. The summed E-state index contributed by atoms with van der Waals surface area (Å²) in [4.78, 5) is 15.3. The Balaban J connectivity index is 1.80. The van der Waals surface area contributed by atoms with Crippen LogP contribution in [-0.2, 0) is 17.9 Å². The molecule has 0 spiro atoms. The lowest BCUT2D eigenvalue weighted by Gasteiger charge is -2.16. The number of hydrogen-bond acceptors (Lipinski definition) is 3. The van der Waals surface area contributed by atoms with Gasteiger partial charge in [0.15, 0.2) is 0 Å². The van der Waals surface area contributed by atoms with E-state index in [9.17, 15) is 4.79 Å². The molecule has 0 saturated heterocycles. The lowest BCUT2D eigenvalue weighted by atomic mass is 9.96. The summed E-state index contributed by atoms with van der Waals surface area (Å²) in [6, 6.07) is 0. The molecule has 0 amide bonds. The van der Waals surface area contributed by atoms with Gasteiger partial charge in [-0.2, -0.15) is 0 Å². The monoisotopic (exact) mass is 251 g/mol. The number of aryl methyl sites for hydroxylation is 1. The Morgan fingerprint density at radius 1 is 1.61 bits per heavy atom. The van der Waals surface area contributed by atoms with Crippen molar-refractivity contribution in [2.75, 3.05) is 6.54 Å². The quantitative estimate of drug-likeness (QED) is 0.804. The largest absolute Gasteiger partial charge is 0.481 e. The topological polar surface area (TPSA) is 67.2 Å². The maximum Gasteiger partial charge on any atom is 0.306 e. The molecule has 2 atom stereocenters. The number of carboxylic acid groups (broad SMARTS) is 1. The van der Waals surface area contributed by atoms with Crippen LogP contribution in [0.1, 0.15) is 32.0 Å². The van der Waals surface area contributed by atoms with Crippen LogP contribution in [0.2, 0.25) is 0 Å². The first-order valence-electron chi connectivity index (χ1n) is 6.66. The zero-order chi connectivity index (χ0) is 13.0. The third kappa shape index (κ3) is 2.90. The summed E-state index contributed by atoms with van der Waals surface area (Å²) in [5.74, 6) is 0.479. The van der Waals surface area contributed by atoms with Gasteiger partial charge in [-0.3, -0.25) is 4.79 Å². The summed E-state index contributed by atoms with van der Waals surface area (Å²) in [5.41, 5.74) is 0. The van der Waals surface area contributed by atoms with Crippen molar-refractivity contribution in [3.8, 4) is 0 Å². The second-order valence-electron chi connectivity index (χ2n) is 4.90. The van der Waals surface area contributed by atoms with Crippen LogP contribution in [0, 0.1) is 11.8 Å². The van der Waals surface area contributed by atoms with E-state index in [1.54, 1.807) is 6.20 Å². The smallest absolute Gasteiger partial charge is 0.306 e. The third-order valence-electron chi connectivity index (χ3n) is 3.81. The lowest BCUT2D eigenvalue weighted by molar-refractivity contribution is -0.142. The zero-order valence-electron chi connectivity index (χ0n) is 10.8. The number of rotatable bonds is 6. The van der Waals surface area contributed by atoms with Crippen molar-refractivity contribution < 1.29 is 9.90 Å². The van der Waals surface area contributed by atoms with Crippen LogP contribution in [0.3, 0.4) is 0 Å². The molecule has 0 radical (unpaired) electrons. The van der Waals surface area contributed by atoms with Crippen molar-refractivity contribution in [1.82, 2.24) is 14.9 Å². The number of nitrogens with one attached hydrogen (secondary N) is 1. The first kappa shape index (κ1) is 13.1. The molecule has 1 aromatic rings. The Bertz CT molecular complexity index is 403. The molecule has 1 aliphatic rings. The van der Waals surface area contributed by atoms with E-state index in [0.29, 0.717) is 6.54 Å². The Hall–Kier alpha value is -1.36. The van der Waals surface area contributed by atoms with Gasteiger partial charge in [-0.25, -0.2) is 4.98 Å². The van der Waals surface area contributed by atoms with E-state index in [1.807, 2.05) is 6.20 Å². The van der Waals surface area contributed by atoms with E-state index in [2.05, 4.69) is 21.8 Å². The van der Waals surface area contributed by atoms with Crippen molar-refractivity contribution in [3.63, 3.8) is 0 Å². The molecule has 0 aliphatic heterocycles. The summed E-state index contributed by atoms with van der Waals surface area (Å²) in [6.07, 6.45) is 6.65. The summed E-state index contributed by atoms with van der Waals surface area (Å²) >= 11 is 0. The molecule has 5 nitrogen and oxygen atoms in total. The summed E-state index contributed by atoms with van der Waals surface area (Å²) in [6.45, 7) is 4.48. The highest BCUT2D eigenvalue weighted by molar-refractivity contribution is 5.70. The van der Waals surface area contributed by atoms with Gasteiger partial charge in [-0.05, 0) is 32.2 Å². The third-order valence-corrected chi connectivity index (χ3v) is 3.81. The highest BCUT2D eigenvalue weighted by Gasteiger charge is 2.32. The SMILES string of the molecule is CCn1ccnc1CNCC1CCCC1C(=O)O. The molecule has 5 heteroatoms. The molecule has 100 valence electrons. The van der Waals surface area contributed by atoms with Crippen LogP contribution < -0.4 is 5.32 Å². The summed E-state index contributed by atoms with van der Waals surface area (Å²) < 4.78 is 2.09. The maximum atomic E-state index is 11.1. The molecule has 1 heterocycles. The standard InChI is InChI=1S/C13H21N3O2/c1-2-16-7-6-15-12(16)9-14-8-10-4-3-5-11(10)13(17)18/h6-7,10-11,14H,2-5,8-9H2,1H3,(H,17,18). The molecular formula is C13H21N3O2. The molecule has 1 aliphatic carbocycles. The molecule has 0 bridgehead atoms. The van der Waals surface area contributed by atoms with Crippen molar-refractivity contribution in [3.05, 3.63) is 18.2 Å². The van der Waals surface area contributed by atoms with E-state index in [1.165, 1.54) is 0 Å². The van der Waals surface area contributed by atoms with Gasteiger partial charge in [-0.1, -0.05) is 6.42 Å². The normalized spacial score (nSPS) is 23.4. The Morgan fingerprint density at radius 2 is 2.44 bits per heavy atom. The molecular weight excluding hydrogens is 230 g/mol. The minimum absolute atomic E-state index is 0.163. The van der Waals surface area contributed by atoms with Crippen LogP contribution in [0.4, 0.5) is 0 Å². The fraction of sp³-hybridized carbons (Fsp3) is 0.692. The van der Waals surface area contributed by atoms with Crippen LogP contribution in [-0.4, -0.2) is 27.2 Å². The Labute approximate surface area is 107 Å². The number of aromatic nitrogens is 2. The fourth-order valence-electron chi connectivity index (χ4n) is 2.77. The molecule has 2 N–H and O–H groups in total. The van der Waals surface area contributed by atoms with Gasteiger partial charge in [0, 0.05) is 18.9 Å². The van der Waals surface area contributed by atoms with Gasteiger partial charge < -0.3 is 15.0 Å². The number of carboxylic acids is 1. The minimum Gasteiger partial charge on any atom is -0.481 e. The second kappa shape index (κ2) is 6.00. The predicted octanol–water partition coefficient (Wildman–Crippen LogP) is 1.49. The Kier molecular flexibility index (Phi) is 4.36. The molecule has 0 aromatic carbocycles. The van der Waals surface area contributed by atoms with E-state index >= 15 is 0 Å². The first-order chi connectivity index (χ1) is 8.72. The van der Waals surface area contributed by atoms with Gasteiger partial charge in [0.25, 0.3) is 0 Å². The minimum atomic E-state index is -0.644. The van der Waals surface area contributed by atoms with Crippen molar-refractivity contribution in [2.24, 2.45) is 11.8 Å². The van der Waals surface area contributed by atoms with E-state index in [0.717, 1.165) is 38.2 Å². The number of hydrogen-bond donors (Lipinski definition) is 2. The molecule has 1 fully saturated rings. The zero-order valence-corrected chi connectivity index (χ0v) is 10.8. The van der Waals surface area contributed by atoms with Crippen molar-refractivity contribution in [1.29, 1.82) is 0 Å². The van der Waals surface area contributed by atoms with Crippen LogP contribution >= 0.6 is 0 Å². The van der Waals surface area contributed by atoms with Crippen molar-refractivity contribution >= 4 is 5.97 Å². The molecule has 2 rings (SSSR count). The second-order valence-corrected chi connectivity index (χ2v) is 4.90. The van der Waals surface area contributed by atoms with Gasteiger partial charge >= 0.3 is 5.97 Å². The Morgan fingerprint density at radius 3 is 3.17 bits per heavy atom. The summed E-state index contributed by atoms with van der Waals surface area (Å²) in [7, 11) is 0. The van der Waals surface area contributed by atoms with E-state index in [4.69, 9.17) is 5.11 Å². The average Bonchev–Trinajstić information content (AvgIpc) is 2.97. The van der Waals surface area contributed by atoms with Crippen LogP contribution in [0.25, 0.3) is 0 Å². The van der Waals surface area contributed by atoms with E-state index in [-0.39, 0.29) is 11.8 Å². The van der Waals surface area contributed by atoms with Crippen LogP contribution in [0.15, 0.2) is 12.4 Å². The maximum absolute atomic E-state index is 11.1. The number of imidazole rings is 1. The summed E-state index contributed by atoms with van der Waals surface area (Å²) in [5, 5.41) is 12.4. The number of aliphatic carboxylic acids is 1. The van der Waals surface area contributed by atoms with Gasteiger partial charge in [0.05, 0.1) is 12.5 Å². The average molecular weight is 251 g/mol. The van der Waals surface area contributed by atoms with E-state index < -0.39 is 5.97 Å². The number of carbonyl (C=O) groups is 1.